The minimum Gasteiger partial charge on any atom is -0.496 e. The van der Waals surface area contributed by atoms with Crippen LogP contribution in [0, 0.1) is 0 Å². The summed E-state index contributed by atoms with van der Waals surface area (Å²) in [5.74, 6) is -0.230. The standard InChI is InChI=1S/C20H24N4O3/c1-23-10-11-24(17(13-23)14-6-4-3-5-7-14)20(26)22-15-8-9-18(27-2)16(12-15)19(21)25/h3-9,12,17H,10-11,13H2,1-2H3,(H2,21,25)(H,22,26)/t17-/m1/s1. The van der Waals surface area contributed by atoms with Crippen LogP contribution in [0.25, 0.3) is 0 Å². The largest absolute Gasteiger partial charge is 0.496 e. The smallest absolute Gasteiger partial charge is 0.322 e. The molecule has 7 heteroatoms. The first-order chi connectivity index (χ1) is 13.0. The molecule has 2 aromatic rings. The summed E-state index contributed by atoms with van der Waals surface area (Å²) in [7, 11) is 3.52. The van der Waals surface area contributed by atoms with Crippen LogP contribution in [0.1, 0.15) is 22.0 Å². The number of benzene rings is 2. The van der Waals surface area contributed by atoms with E-state index in [1.807, 2.05) is 42.3 Å². The normalized spacial score (nSPS) is 17.4. The predicted molar refractivity (Wildman–Crippen MR) is 104 cm³/mol. The van der Waals surface area contributed by atoms with Crippen LogP contribution in [0.15, 0.2) is 48.5 Å². The number of carbonyl (C=O) groups excluding carboxylic acids is 2. The van der Waals surface area contributed by atoms with Gasteiger partial charge in [0, 0.05) is 25.3 Å². The van der Waals surface area contributed by atoms with Crippen molar-refractivity contribution in [2.24, 2.45) is 5.73 Å². The number of ether oxygens (including phenoxy) is 1. The highest BCUT2D eigenvalue weighted by Crippen LogP contribution is 2.27. The minimum absolute atomic E-state index is 0.0428. The summed E-state index contributed by atoms with van der Waals surface area (Å²) in [6.45, 7) is 2.17. The molecular formula is C20H24N4O3. The molecule has 27 heavy (non-hydrogen) atoms. The Bertz CT molecular complexity index is 825. The summed E-state index contributed by atoms with van der Waals surface area (Å²) < 4.78 is 5.14. The third-order valence-corrected chi connectivity index (χ3v) is 4.74. The van der Waals surface area contributed by atoms with E-state index >= 15 is 0 Å². The van der Waals surface area contributed by atoms with Gasteiger partial charge in [0.2, 0.25) is 0 Å². The maximum absolute atomic E-state index is 12.9. The number of amides is 3. The van der Waals surface area contributed by atoms with Crippen LogP contribution in [-0.4, -0.2) is 55.5 Å². The number of nitrogens with zero attached hydrogens (tertiary/aromatic N) is 2. The number of hydrogen-bond donors (Lipinski definition) is 2. The van der Waals surface area contributed by atoms with E-state index in [1.165, 1.54) is 13.2 Å². The van der Waals surface area contributed by atoms with E-state index in [2.05, 4.69) is 10.2 Å². The Morgan fingerprint density at radius 2 is 1.89 bits per heavy atom. The van der Waals surface area contributed by atoms with Crippen LogP contribution in [0.4, 0.5) is 10.5 Å². The lowest BCUT2D eigenvalue weighted by Gasteiger charge is -2.40. The fourth-order valence-electron chi connectivity index (χ4n) is 3.30. The van der Waals surface area contributed by atoms with Crippen molar-refractivity contribution >= 4 is 17.6 Å². The first-order valence-corrected chi connectivity index (χ1v) is 8.78. The monoisotopic (exact) mass is 368 g/mol. The van der Waals surface area contributed by atoms with Crippen molar-refractivity contribution in [1.29, 1.82) is 0 Å². The number of hydrogen-bond acceptors (Lipinski definition) is 4. The number of likely N-dealkylation sites (N-methyl/N-ethyl adjacent to an activating group) is 1. The van der Waals surface area contributed by atoms with E-state index in [0.717, 1.165) is 18.7 Å². The van der Waals surface area contributed by atoms with Gasteiger partial charge in [0.15, 0.2) is 0 Å². The average molecular weight is 368 g/mol. The van der Waals surface area contributed by atoms with E-state index in [4.69, 9.17) is 10.5 Å². The molecule has 0 bridgehead atoms. The highest BCUT2D eigenvalue weighted by molar-refractivity contribution is 5.98. The Balaban J connectivity index is 1.82. The molecule has 1 saturated heterocycles. The fraction of sp³-hybridized carbons (Fsp3) is 0.300. The lowest BCUT2D eigenvalue weighted by Crippen LogP contribution is -2.50. The molecule has 0 unspecified atom stereocenters. The van der Waals surface area contributed by atoms with Crippen LogP contribution in [0.2, 0.25) is 0 Å². The molecule has 142 valence electrons. The maximum atomic E-state index is 12.9. The Hall–Kier alpha value is -3.06. The molecular weight excluding hydrogens is 344 g/mol. The topological polar surface area (TPSA) is 87.9 Å². The second-order valence-electron chi connectivity index (χ2n) is 6.59. The number of rotatable bonds is 4. The van der Waals surface area contributed by atoms with Crippen LogP contribution in [0.3, 0.4) is 0 Å². The molecule has 7 nitrogen and oxygen atoms in total. The van der Waals surface area contributed by atoms with Gasteiger partial charge in [0.1, 0.15) is 5.75 Å². The summed E-state index contributed by atoms with van der Waals surface area (Å²) in [5, 5.41) is 2.88. The molecule has 1 aliphatic heterocycles. The van der Waals surface area contributed by atoms with E-state index in [0.29, 0.717) is 18.0 Å². The number of carbonyl (C=O) groups is 2. The highest BCUT2D eigenvalue weighted by Gasteiger charge is 2.30. The van der Waals surface area contributed by atoms with Gasteiger partial charge in [-0.25, -0.2) is 4.79 Å². The zero-order valence-electron chi connectivity index (χ0n) is 15.5. The first kappa shape index (κ1) is 18.7. The van der Waals surface area contributed by atoms with Crippen LogP contribution in [-0.2, 0) is 0 Å². The molecule has 0 radical (unpaired) electrons. The summed E-state index contributed by atoms with van der Waals surface area (Å²) in [6.07, 6.45) is 0. The van der Waals surface area contributed by atoms with E-state index in [9.17, 15) is 9.59 Å². The molecule has 1 heterocycles. The van der Waals surface area contributed by atoms with E-state index < -0.39 is 5.91 Å². The number of methoxy groups -OCH3 is 1. The molecule has 2 aromatic carbocycles. The van der Waals surface area contributed by atoms with Crippen molar-refractivity contribution in [3.63, 3.8) is 0 Å². The molecule has 1 aliphatic rings. The van der Waals surface area contributed by atoms with Gasteiger partial charge in [-0.05, 0) is 30.8 Å². The number of nitrogens with one attached hydrogen (secondary N) is 1. The first-order valence-electron chi connectivity index (χ1n) is 8.78. The highest BCUT2D eigenvalue weighted by atomic mass is 16.5. The van der Waals surface area contributed by atoms with Crippen molar-refractivity contribution in [2.75, 3.05) is 39.1 Å². The quantitative estimate of drug-likeness (QED) is 0.867. The summed E-state index contributed by atoms with van der Waals surface area (Å²) >= 11 is 0. The maximum Gasteiger partial charge on any atom is 0.322 e. The third kappa shape index (κ3) is 4.20. The molecule has 0 aliphatic carbocycles. The molecule has 1 atom stereocenters. The van der Waals surface area contributed by atoms with Crippen molar-refractivity contribution in [2.45, 2.75) is 6.04 Å². The van der Waals surface area contributed by atoms with Crippen molar-refractivity contribution in [3.05, 3.63) is 59.7 Å². The molecule has 3 N–H and O–H groups in total. The molecule has 0 saturated carbocycles. The molecule has 0 aromatic heterocycles. The lowest BCUT2D eigenvalue weighted by atomic mass is 10.0. The zero-order valence-corrected chi connectivity index (χ0v) is 15.5. The minimum atomic E-state index is -0.607. The zero-order chi connectivity index (χ0) is 19.4. The van der Waals surface area contributed by atoms with Gasteiger partial charge in [0.25, 0.3) is 5.91 Å². The number of anilines is 1. The molecule has 1 fully saturated rings. The Morgan fingerprint density at radius 1 is 1.15 bits per heavy atom. The van der Waals surface area contributed by atoms with Gasteiger partial charge in [0.05, 0.1) is 18.7 Å². The van der Waals surface area contributed by atoms with Crippen LogP contribution >= 0.6 is 0 Å². The number of urea groups is 1. The van der Waals surface area contributed by atoms with Gasteiger partial charge in [-0.15, -0.1) is 0 Å². The van der Waals surface area contributed by atoms with Gasteiger partial charge in [-0.1, -0.05) is 30.3 Å². The van der Waals surface area contributed by atoms with Gasteiger partial charge in [-0.3, -0.25) is 4.79 Å². The van der Waals surface area contributed by atoms with Crippen LogP contribution in [0.5, 0.6) is 5.75 Å². The number of primary amides is 1. The van der Waals surface area contributed by atoms with Gasteiger partial charge < -0.3 is 25.6 Å². The predicted octanol–water partition coefficient (Wildman–Crippen LogP) is 2.31. The Labute approximate surface area is 158 Å². The fourth-order valence-corrected chi connectivity index (χ4v) is 3.30. The Morgan fingerprint density at radius 3 is 2.56 bits per heavy atom. The van der Waals surface area contributed by atoms with Gasteiger partial charge in [-0.2, -0.15) is 0 Å². The SMILES string of the molecule is COc1ccc(NC(=O)N2CCN(C)C[C@@H]2c2ccccc2)cc1C(N)=O. The summed E-state index contributed by atoms with van der Waals surface area (Å²) in [6, 6.07) is 14.6. The molecule has 3 amide bonds. The summed E-state index contributed by atoms with van der Waals surface area (Å²) in [4.78, 5) is 28.6. The number of nitrogens with two attached hydrogens (primary N) is 1. The van der Waals surface area contributed by atoms with Crippen molar-refractivity contribution in [3.8, 4) is 5.75 Å². The number of piperazine rings is 1. The van der Waals surface area contributed by atoms with Gasteiger partial charge >= 0.3 is 6.03 Å². The van der Waals surface area contributed by atoms with Crippen LogP contribution < -0.4 is 15.8 Å². The average Bonchev–Trinajstić information content (AvgIpc) is 2.68. The van der Waals surface area contributed by atoms with Crippen molar-refractivity contribution < 1.29 is 14.3 Å². The van der Waals surface area contributed by atoms with E-state index in [1.54, 1.807) is 12.1 Å². The second kappa shape index (κ2) is 8.09. The molecule has 0 spiro atoms. The van der Waals surface area contributed by atoms with Crippen molar-refractivity contribution in [1.82, 2.24) is 9.80 Å². The summed E-state index contributed by atoms with van der Waals surface area (Å²) in [5.41, 5.74) is 7.22. The second-order valence-corrected chi connectivity index (χ2v) is 6.59. The lowest BCUT2D eigenvalue weighted by molar-refractivity contribution is 0.0997. The Kier molecular flexibility index (Phi) is 5.61. The van der Waals surface area contributed by atoms with E-state index in [-0.39, 0.29) is 17.6 Å². The third-order valence-electron chi connectivity index (χ3n) is 4.74. The molecule has 3 rings (SSSR count).